The van der Waals surface area contributed by atoms with Crippen LogP contribution < -0.4 is 0 Å². The number of likely N-dealkylation sites (tertiary alicyclic amines) is 1. The minimum absolute atomic E-state index is 0.341. The van der Waals surface area contributed by atoms with Crippen LogP contribution in [0.2, 0.25) is 0 Å². The molecule has 4 rings (SSSR count). The Labute approximate surface area is 160 Å². The summed E-state index contributed by atoms with van der Waals surface area (Å²) in [7, 11) is -2.79. The van der Waals surface area contributed by atoms with Gasteiger partial charge in [0.25, 0.3) is 0 Å². The molecule has 2 fully saturated rings. The number of hydrogen-bond acceptors (Lipinski definition) is 5. The SMILES string of the molecule is C=Cc1cccc(-c2cn(C3CCN(C4CCS(=O)(=O)CC4)CC3)nn2)c1. The minimum atomic E-state index is -2.79. The second kappa shape index (κ2) is 7.56. The van der Waals surface area contributed by atoms with Crippen molar-refractivity contribution in [2.75, 3.05) is 24.6 Å². The minimum Gasteiger partial charge on any atom is -0.300 e. The van der Waals surface area contributed by atoms with Gasteiger partial charge >= 0.3 is 0 Å². The van der Waals surface area contributed by atoms with Gasteiger partial charge in [-0.25, -0.2) is 13.1 Å². The van der Waals surface area contributed by atoms with Crippen LogP contribution in [-0.4, -0.2) is 58.9 Å². The highest BCUT2D eigenvalue weighted by atomic mass is 32.2. The number of sulfone groups is 1. The molecule has 0 radical (unpaired) electrons. The van der Waals surface area contributed by atoms with E-state index in [0.717, 1.165) is 55.6 Å². The summed E-state index contributed by atoms with van der Waals surface area (Å²) in [6.45, 7) is 5.81. The van der Waals surface area contributed by atoms with Gasteiger partial charge in [0.05, 0.1) is 23.7 Å². The molecular weight excluding hydrogens is 360 g/mol. The van der Waals surface area contributed by atoms with Crippen molar-refractivity contribution in [3.8, 4) is 11.3 Å². The lowest BCUT2D eigenvalue weighted by atomic mass is 10.0. The number of nitrogens with zero attached hydrogens (tertiary/aromatic N) is 4. The van der Waals surface area contributed by atoms with Crippen LogP contribution in [0, 0.1) is 0 Å². The van der Waals surface area contributed by atoms with Crippen LogP contribution in [0.5, 0.6) is 0 Å². The fourth-order valence-electron chi connectivity index (χ4n) is 4.17. The molecule has 2 aliphatic heterocycles. The summed E-state index contributed by atoms with van der Waals surface area (Å²) >= 11 is 0. The third-order valence-electron chi connectivity index (χ3n) is 5.84. The van der Waals surface area contributed by atoms with Gasteiger partial charge in [-0.05, 0) is 37.3 Å². The highest BCUT2D eigenvalue weighted by Crippen LogP contribution is 2.28. The number of rotatable bonds is 4. The van der Waals surface area contributed by atoms with Crippen LogP contribution in [0.15, 0.2) is 37.0 Å². The lowest BCUT2D eigenvalue weighted by Crippen LogP contribution is -2.45. The maximum atomic E-state index is 11.6. The van der Waals surface area contributed by atoms with Gasteiger partial charge < -0.3 is 4.90 Å². The van der Waals surface area contributed by atoms with Crippen LogP contribution in [0.1, 0.15) is 37.3 Å². The number of aromatic nitrogens is 3. The van der Waals surface area contributed by atoms with Gasteiger partial charge in [-0.15, -0.1) is 5.10 Å². The number of benzene rings is 1. The summed E-state index contributed by atoms with van der Waals surface area (Å²) in [6, 6.07) is 8.92. The van der Waals surface area contributed by atoms with Gasteiger partial charge in [-0.3, -0.25) is 0 Å². The molecule has 0 spiro atoms. The average molecular weight is 387 g/mol. The van der Waals surface area contributed by atoms with Crippen molar-refractivity contribution < 1.29 is 8.42 Å². The molecule has 2 aromatic rings. The first-order valence-electron chi connectivity index (χ1n) is 9.63. The Morgan fingerprint density at radius 1 is 1.07 bits per heavy atom. The van der Waals surface area contributed by atoms with E-state index in [0.29, 0.717) is 23.6 Å². The average Bonchev–Trinajstić information content (AvgIpc) is 3.18. The smallest absolute Gasteiger partial charge is 0.150 e. The van der Waals surface area contributed by atoms with Crippen molar-refractivity contribution in [1.82, 2.24) is 19.9 Å². The molecule has 0 amide bonds. The maximum absolute atomic E-state index is 11.6. The van der Waals surface area contributed by atoms with Gasteiger partial charge in [0.1, 0.15) is 15.5 Å². The molecule has 27 heavy (non-hydrogen) atoms. The Kier molecular flexibility index (Phi) is 5.14. The van der Waals surface area contributed by atoms with E-state index in [9.17, 15) is 8.42 Å². The molecule has 3 heterocycles. The molecule has 7 heteroatoms. The molecule has 0 N–H and O–H groups in total. The predicted molar refractivity (Wildman–Crippen MR) is 107 cm³/mol. The first-order chi connectivity index (χ1) is 13.0. The van der Waals surface area contributed by atoms with Crippen LogP contribution in [0.25, 0.3) is 17.3 Å². The number of piperidine rings is 1. The molecule has 0 bridgehead atoms. The van der Waals surface area contributed by atoms with E-state index in [-0.39, 0.29) is 0 Å². The summed E-state index contributed by atoms with van der Waals surface area (Å²) < 4.78 is 25.3. The van der Waals surface area contributed by atoms with E-state index in [1.165, 1.54) is 0 Å². The van der Waals surface area contributed by atoms with Gasteiger partial charge in [-0.1, -0.05) is 36.1 Å². The summed E-state index contributed by atoms with van der Waals surface area (Å²) in [5.74, 6) is 0.682. The normalized spacial score (nSPS) is 21.9. The Balaban J connectivity index is 1.37. The van der Waals surface area contributed by atoms with Crippen molar-refractivity contribution in [3.05, 3.63) is 42.6 Å². The molecule has 1 aromatic carbocycles. The summed E-state index contributed by atoms with van der Waals surface area (Å²) in [4.78, 5) is 2.47. The van der Waals surface area contributed by atoms with E-state index in [1.807, 2.05) is 35.2 Å². The van der Waals surface area contributed by atoms with Crippen LogP contribution >= 0.6 is 0 Å². The molecule has 0 atom stereocenters. The quantitative estimate of drug-likeness (QED) is 0.808. The topological polar surface area (TPSA) is 68.1 Å². The van der Waals surface area contributed by atoms with Crippen LogP contribution in [0.4, 0.5) is 0 Å². The summed E-state index contributed by atoms with van der Waals surface area (Å²) in [6.07, 6.45) is 7.48. The van der Waals surface area contributed by atoms with Gasteiger partial charge in [0.2, 0.25) is 0 Å². The zero-order valence-corrected chi connectivity index (χ0v) is 16.3. The van der Waals surface area contributed by atoms with Crippen LogP contribution in [-0.2, 0) is 9.84 Å². The van der Waals surface area contributed by atoms with Gasteiger partial charge in [0, 0.05) is 24.7 Å². The predicted octanol–water partition coefficient (Wildman–Crippen LogP) is 2.80. The highest BCUT2D eigenvalue weighted by Gasteiger charge is 2.31. The summed E-state index contributed by atoms with van der Waals surface area (Å²) in [5.41, 5.74) is 3.02. The van der Waals surface area contributed by atoms with E-state index in [4.69, 9.17) is 0 Å². The van der Waals surface area contributed by atoms with Crippen molar-refractivity contribution in [3.63, 3.8) is 0 Å². The molecule has 6 nitrogen and oxygen atoms in total. The molecular formula is C20H26N4O2S. The first-order valence-corrected chi connectivity index (χ1v) is 11.5. The van der Waals surface area contributed by atoms with Crippen LogP contribution in [0.3, 0.4) is 0 Å². The molecule has 2 saturated heterocycles. The fourth-order valence-corrected chi connectivity index (χ4v) is 5.64. The zero-order chi connectivity index (χ0) is 18.9. The lowest BCUT2D eigenvalue weighted by molar-refractivity contribution is 0.122. The Morgan fingerprint density at radius 2 is 1.81 bits per heavy atom. The second-order valence-electron chi connectivity index (χ2n) is 7.56. The van der Waals surface area contributed by atoms with E-state index < -0.39 is 9.84 Å². The van der Waals surface area contributed by atoms with E-state index >= 15 is 0 Å². The van der Waals surface area contributed by atoms with Crippen molar-refractivity contribution in [1.29, 1.82) is 0 Å². The molecule has 144 valence electrons. The largest absolute Gasteiger partial charge is 0.300 e. The van der Waals surface area contributed by atoms with Gasteiger partial charge in [-0.2, -0.15) is 0 Å². The monoisotopic (exact) mass is 386 g/mol. The summed E-state index contributed by atoms with van der Waals surface area (Å²) in [5, 5.41) is 8.73. The van der Waals surface area contributed by atoms with E-state index in [1.54, 1.807) is 0 Å². The third kappa shape index (κ3) is 4.14. The molecule has 1 aromatic heterocycles. The fraction of sp³-hybridized carbons (Fsp3) is 0.500. The molecule has 0 saturated carbocycles. The Morgan fingerprint density at radius 3 is 2.52 bits per heavy atom. The molecule has 0 aliphatic carbocycles. The number of hydrogen-bond donors (Lipinski definition) is 0. The zero-order valence-electron chi connectivity index (χ0n) is 15.5. The van der Waals surface area contributed by atoms with E-state index in [2.05, 4.69) is 27.9 Å². The highest BCUT2D eigenvalue weighted by molar-refractivity contribution is 7.91. The molecule has 0 unspecified atom stereocenters. The van der Waals surface area contributed by atoms with Gasteiger partial charge in [0.15, 0.2) is 0 Å². The maximum Gasteiger partial charge on any atom is 0.150 e. The van der Waals surface area contributed by atoms with Crippen molar-refractivity contribution >= 4 is 15.9 Å². The van der Waals surface area contributed by atoms with Crippen molar-refractivity contribution in [2.24, 2.45) is 0 Å². The van der Waals surface area contributed by atoms with Crippen molar-refractivity contribution in [2.45, 2.75) is 37.8 Å². The third-order valence-corrected chi connectivity index (χ3v) is 7.56. The molecule has 2 aliphatic rings. The standard InChI is InChI=1S/C20H26N4O2S/c1-2-16-4-3-5-17(14-16)20-15-24(22-21-20)19-6-10-23(11-7-19)18-8-12-27(25,26)13-9-18/h2-5,14-15,18-19H,1,6-13H2. The Hall–Kier alpha value is -1.99. The Bertz CT molecular complexity index is 900. The first kappa shape index (κ1) is 18.4. The second-order valence-corrected chi connectivity index (χ2v) is 9.87. The lowest BCUT2D eigenvalue weighted by Gasteiger charge is -2.39.